The summed E-state index contributed by atoms with van der Waals surface area (Å²) in [5.41, 5.74) is 1.76. The molecule has 0 atom stereocenters. The van der Waals surface area contributed by atoms with E-state index in [1.54, 1.807) is 6.20 Å². The summed E-state index contributed by atoms with van der Waals surface area (Å²) in [4.78, 5) is 4.13. The summed E-state index contributed by atoms with van der Waals surface area (Å²) < 4.78 is 1.01. The fourth-order valence-electron chi connectivity index (χ4n) is 1.13. The molecule has 0 spiro atoms. The number of pyridine rings is 1. The van der Waals surface area contributed by atoms with Crippen LogP contribution in [-0.4, -0.2) is 4.98 Å². The molecule has 100 valence electrons. The number of nitrogens with zero attached hydrogens (tertiary/aromatic N) is 1. The molecule has 2 aromatic rings. The average Bonchev–Trinajstić information content (AvgIpc) is 2.52. The van der Waals surface area contributed by atoms with Crippen LogP contribution in [0.5, 0.6) is 0 Å². The van der Waals surface area contributed by atoms with Crippen LogP contribution in [0.4, 0.5) is 0 Å². The molecule has 0 aliphatic heterocycles. The smallest absolute Gasteiger partial charge is 0.113 e. The predicted molar refractivity (Wildman–Crippen MR) is 87.1 cm³/mol. The molecular formula is C17H20BrN. The lowest BCUT2D eigenvalue weighted by atomic mass is 10.2. The van der Waals surface area contributed by atoms with Gasteiger partial charge in [-0.3, -0.25) is 0 Å². The van der Waals surface area contributed by atoms with Crippen molar-refractivity contribution in [3.8, 4) is 11.8 Å². The van der Waals surface area contributed by atoms with Crippen molar-refractivity contribution in [3.63, 3.8) is 0 Å². The number of halogens is 1. The first-order chi connectivity index (χ1) is 9.36. The Morgan fingerprint density at radius 3 is 2.05 bits per heavy atom. The summed E-state index contributed by atoms with van der Waals surface area (Å²) in [5.74, 6) is 6.08. The molecule has 0 saturated carbocycles. The van der Waals surface area contributed by atoms with Crippen molar-refractivity contribution >= 4 is 15.9 Å². The molecule has 0 aliphatic carbocycles. The second-order valence-electron chi connectivity index (χ2n) is 2.94. The van der Waals surface area contributed by atoms with Gasteiger partial charge in [0.2, 0.25) is 0 Å². The van der Waals surface area contributed by atoms with Gasteiger partial charge in [0.15, 0.2) is 0 Å². The monoisotopic (exact) mass is 317 g/mol. The summed E-state index contributed by atoms with van der Waals surface area (Å²) in [6.45, 7) is 8.00. The van der Waals surface area contributed by atoms with E-state index in [4.69, 9.17) is 0 Å². The van der Waals surface area contributed by atoms with E-state index < -0.39 is 0 Å². The Bertz CT molecular complexity index is 510. The maximum absolute atomic E-state index is 4.13. The van der Waals surface area contributed by atoms with Crippen molar-refractivity contribution in [2.24, 2.45) is 0 Å². The van der Waals surface area contributed by atoms with Crippen LogP contribution < -0.4 is 0 Å². The summed E-state index contributed by atoms with van der Waals surface area (Å²) in [6.07, 6.45) is 1.74. The van der Waals surface area contributed by atoms with Gasteiger partial charge in [0, 0.05) is 16.2 Å². The van der Waals surface area contributed by atoms with Gasteiger partial charge in [0.05, 0.1) is 0 Å². The van der Waals surface area contributed by atoms with E-state index in [1.807, 2.05) is 70.2 Å². The van der Waals surface area contributed by atoms with Gasteiger partial charge in [0.25, 0.3) is 0 Å². The zero-order valence-electron chi connectivity index (χ0n) is 11.9. The zero-order valence-corrected chi connectivity index (χ0v) is 13.5. The van der Waals surface area contributed by atoms with Crippen LogP contribution in [0.3, 0.4) is 0 Å². The van der Waals surface area contributed by atoms with Crippen molar-refractivity contribution in [2.45, 2.75) is 27.7 Å². The molecular weight excluding hydrogens is 298 g/mol. The number of benzene rings is 1. The first kappa shape index (κ1) is 17.4. The van der Waals surface area contributed by atoms with Crippen LogP contribution in [0, 0.1) is 11.8 Å². The van der Waals surface area contributed by atoms with Gasteiger partial charge < -0.3 is 0 Å². The quantitative estimate of drug-likeness (QED) is 0.601. The molecule has 1 aromatic heterocycles. The standard InChI is InChI=1S/C13H8BrN.2C2H6/c14-13-7-2-1-5-11(13)8-9-12-6-3-4-10-15-12;2*1-2/h1-7,10H;2*1-2H3. The lowest BCUT2D eigenvalue weighted by molar-refractivity contribution is 1.29. The molecule has 0 amide bonds. The molecule has 0 N–H and O–H groups in total. The van der Waals surface area contributed by atoms with Crippen LogP contribution in [-0.2, 0) is 0 Å². The van der Waals surface area contributed by atoms with E-state index in [-0.39, 0.29) is 0 Å². The van der Waals surface area contributed by atoms with Crippen LogP contribution in [0.2, 0.25) is 0 Å². The van der Waals surface area contributed by atoms with Crippen LogP contribution in [0.1, 0.15) is 39.0 Å². The lowest BCUT2D eigenvalue weighted by Gasteiger charge is -1.92. The molecule has 0 unspecified atom stereocenters. The van der Waals surface area contributed by atoms with Crippen molar-refractivity contribution in [2.75, 3.05) is 0 Å². The van der Waals surface area contributed by atoms with Gasteiger partial charge in [0.1, 0.15) is 5.69 Å². The molecule has 1 aromatic carbocycles. The van der Waals surface area contributed by atoms with E-state index in [1.165, 1.54) is 0 Å². The number of hydrogen-bond donors (Lipinski definition) is 0. The second kappa shape index (κ2) is 11.5. The maximum atomic E-state index is 4.13. The van der Waals surface area contributed by atoms with Crippen molar-refractivity contribution in [3.05, 3.63) is 64.4 Å². The summed E-state index contributed by atoms with van der Waals surface area (Å²) in [6, 6.07) is 13.6. The molecule has 1 heterocycles. The molecule has 0 saturated heterocycles. The third-order valence-corrected chi connectivity index (χ3v) is 2.56. The Kier molecular flexibility index (Phi) is 10.5. The molecule has 19 heavy (non-hydrogen) atoms. The van der Waals surface area contributed by atoms with Gasteiger partial charge in [-0.1, -0.05) is 51.8 Å². The minimum atomic E-state index is 0.785. The molecule has 0 aliphatic rings. The summed E-state index contributed by atoms with van der Waals surface area (Å²) in [5, 5.41) is 0. The molecule has 2 rings (SSSR count). The van der Waals surface area contributed by atoms with E-state index in [0.29, 0.717) is 0 Å². The SMILES string of the molecule is Brc1ccccc1C#Cc1ccccn1.CC.CC. The highest BCUT2D eigenvalue weighted by Gasteiger charge is 1.92. The minimum absolute atomic E-state index is 0.785. The third kappa shape index (κ3) is 6.79. The maximum Gasteiger partial charge on any atom is 0.113 e. The first-order valence-electron chi connectivity index (χ1n) is 6.54. The van der Waals surface area contributed by atoms with Crippen molar-refractivity contribution < 1.29 is 0 Å². The highest BCUT2D eigenvalue weighted by molar-refractivity contribution is 9.10. The van der Waals surface area contributed by atoms with E-state index in [2.05, 4.69) is 32.8 Å². The topological polar surface area (TPSA) is 12.9 Å². The van der Waals surface area contributed by atoms with Gasteiger partial charge in [-0.25, -0.2) is 4.98 Å². The van der Waals surface area contributed by atoms with Gasteiger partial charge >= 0.3 is 0 Å². The fourth-order valence-corrected chi connectivity index (χ4v) is 1.51. The van der Waals surface area contributed by atoms with Crippen molar-refractivity contribution in [1.29, 1.82) is 0 Å². The Hall–Kier alpha value is -1.59. The van der Waals surface area contributed by atoms with Gasteiger partial charge in [-0.05, 0) is 46.1 Å². The van der Waals surface area contributed by atoms with Crippen molar-refractivity contribution in [1.82, 2.24) is 4.98 Å². The van der Waals surface area contributed by atoms with Crippen LogP contribution >= 0.6 is 15.9 Å². The predicted octanol–water partition coefficient (Wildman–Crippen LogP) is 5.30. The normalized spacial score (nSPS) is 7.84. The second-order valence-corrected chi connectivity index (χ2v) is 3.80. The Morgan fingerprint density at radius 1 is 0.842 bits per heavy atom. The highest BCUT2D eigenvalue weighted by atomic mass is 79.9. The largest absolute Gasteiger partial charge is 0.248 e. The zero-order chi connectivity index (χ0) is 14.5. The Morgan fingerprint density at radius 2 is 1.47 bits per heavy atom. The molecule has 0 fully saturated rings. The molecule has 1 nitrogen and oxygen atoms in total. The summed E-state index contributed by atoms with van der Waals surface area (Å²) >= 11 is 3.45. The van der Waals surface area contributed by atoms with Crippen LogP contribution in [0.25, 0.3) is 0 Å². The number of hydrogen-bond acceptors (Lipinski definition) is 1. The Balaban J connectivity index is 0.000000741. The fraction of sp³-hybridized carbons (Fsp3) is 0.235. The summed E-state index contributed by atoms with van der Waals surface area (Å²) in [7, 11) is 0. The first-order valence-corrected chi connectivity index (χ1v) is 7.33. The van der Waals surface area contributed by atoms with E-state index in [0.717, 1.165) is 15.7 Å². The average molecular weight is 318 g/mol. The number of aromatic nitrogens is 1. The lowest BCUT2D eigenvalue weighted by Crippen LogP contribution is -1.80. The molecule has 2 heteroatoms. The molecule has 0 bridgehead atoms. The molecule has 0 radical (unpaired) electrons. The minimum Gasteiger partial charge on any atom is -0.248 e. The highest BCUT2D eigenvalue weighted by Crippen LogP contribution is 2.14. The third-order valence-electron chi connectivity index (χ3n) is 1.86. The van der Waals surface area contributed by atoms with Crippen LogP contribution in [0.15, 0.2) is 53.1 Å². The van der Waals surface area contributed by atoms with Gasteiger partial charge in [-0.2, -0.15) is 0 Å². The Labute approximate surface area is 125 Å². The van der Waals surface area contributed by atoms with E-state index in [9.17, 15) is 0 Å². The van der Waals surface area contributed by atoms with Gasteiger partial charge in [-0.15, -0.1) is 0 Å². The number of rotatable bonds is 0. The van der Waals surface area contributed by atoms with E-state index >= 15 is 0 Å².